The van der Waals surface area contributed by atoms with E-state index in [0.29, 0.717) is 5.95 Å². The average Bonchev–Trinajstić information content (AvgIpc) is 3.03. The van der Waals surface area contributed by atoms with E-state index in [4.69, 9.17) is 4.74 Å². The molecule has 2 aromatic rings. The Labute approximate surface area is 133 Å². The molecule has 0 amide bonds. The van der Waals surface area contributed by atoms with Gasteiger partial charge in [-0.1, -0.05) is 25.1 Å². The third-order valence-electron chi connectivity index (χ3n) is 3.78. The molecule has 0 bridgehead atoms. The molecule has 0 unspecified atom stereocenters. The summed E-state index contributed by atoms with van der Waals surface area (Å²) >= 11 is 0. The third kappa shape index (κ3) is 2.90. The van der Waals surface area contributed by atoms with Crippen molar-refractivity contribution in [3.8, 4) is 5.75 Å². The number of carboxylic acids is 1. The van der Waals surface area contributed by atoms with Crippen molar-refractivity contribution in [3.63, 3.8) is 0 Å². The summed E-state index contributed by atoms with van der Waals surface area (Å²) in [6, 6.07) is 7.20. The number of nitrogens with one attached hydrogen (secondary N) is 1. The number of hydrogen-bond acceptors (Lipinski definition) is 5. The highest BCUT2D eigenvalue weighted by atomic mass is 16.5. The second-order valence-electron chi connectivity index (χ2n) is 5.36. The first-order chi connectivity index (χ1) is 11.1. The first-order valence-electron chi connectivity index (χ1n) is 7.47. The molecule has 0 fully saturated rings. The number of para-hydroxylation sites is 1. The summed E-state index contributed by atoms with van der Waals surface area (Å²) < 4.78 is 7.62. The molecule has 3 rings (SSSR count). The largest absolute Gasteiger partial charge is 0.490 e. The van der Waals surface area contributed by atoms with Crippen molar-refractivity contribution in [3.05, 3.63) is 47.9 Å². The van der Waals surface area contributed by atoms with Crippen molar-refractivity contribution in [1.29, 1.82) is 0 Å². The van der Waals surface area contributed by atoms with Crippen LogP contribution in [0.25, 0.3) is 0 Å². The number of hydrogen-bond donors (Lipinski definition) is 2. The number of allylic oxidation sites excluding steroid dienone is 1. The molecular formula is C16H18N4O3. The van der Waals surface area contributed by atoms with Gasteiger partial charge in [-0.05, 0) is 25.5 Å². The lowest BCUT2D eigenvalue weighted by atomic mass is 10.0. The van der Waals surface area contributed by atoms with Gasteiger partial charge in [0.05, 0.1) is 6.10 Å². The number of nitrogens with zero attached hydrogens (tertiary/aromatic N) is 3. The van der Waals surface area contributed by atoms with Gasteiger partial charge in [-0.15, -0.1) is 0 Å². The fourth-order valence-electron chi connectivity index (χ4n) is 2.41. The molecule has 0 saturated carbocycles. The van der Waals surface area contributed by atoms with E-state index < -0.39 is 5.97 Å². The summed E-state index contributed by atoms with van der Waals surface area (Å²) in [5.74, 6) is 0.0778. The van der Waals surface area contributed by atoms with Crippen LogP contribution in [0.15, 0.2) is 42.4 Å². The van der Waals surface area contributed by atoms with Crippen LogP contribution in [-0.2, 0) is 4.79 Å². The Morgan fingerprint density at radius 3 is 3.00 bits per heavy atom. The molecule has 2 heterocycles. The van der Waals surface area contributed by atoms with Crippen LogP contribution in [-0.4, -0.2) is 31.9 Å². The normalized spacial score (nSPS) is 17.7. The van der Waals surface area contributed by atoms with Crippen LogP contribution in [0.3, 0.4) is 0 Å². The Morgan fingerprint density at radius 1 is 1.48 bits per heavy atom. The molecule has 2 atom stereocenters. The number of rotatable bonds is 5. The lowest BCUT2D eigenvalue weighted by molar-refractivity contribution is -0.132. The SMILES string of the molecule is CC[C@@H](C)Oc1ccccc1[C@@H]1C=C(C(=O)O)Nc2ncnn21. The van der Waals surface area contributed by atoms with E-state index in [-0.39, 0.29) is 17.8 Å². The maximum absolute atomic E-state index is 11.4. The van der Waals surface area contributed by atoms with Gasteiger partial charge in [0.1, 0.15) is 23.8 Å². The highest BCUT2D eigenvalue weighted by molar-refractivity contribution is 5.90. The summed E-state index contributed by atoms with van der Waals surface area (Å²) in [6.07, 6.45) is 3.95. The first-order valence-corrected chi connectivity index (χ1v) is 7.47. The van der Waals surface area contributed by atoms with E-state index in [9.17, 15) is 9.90 Å². The van der Waals surface area contributed by atoms with E-state index in [1.54, 1.807) is 10.8 Å². The minimum Gasteiger partial charge on any atom is -0.490 e. The molecule has 0 radical (unpaired) electrons. The molecular weight excluding hydrogens is 296 g/mol. The third-order valence-corrected chi connectivity index (χ3v) is 3.78. The van der Waals surface area contributed by atoms with Gasteiger partial charge in [-0.2, -0.15) is 10.1 Å². The quantitative estimate of drug-likeness (QED) is 0.881. The van der Waals surface area contributed by atoms with Gasteiger partial charge in [0.25, 0.3) is 0 Å². The molecule has 0 saturated heterocycles. The summed E-state index contributed by atoms with van der Waals surface area (Å²) in [5.41, 5.74) is 0.925. The topological polar surface area (TPSA) is 89.3 Å². The van der Waals surface area contributed by atoms with Gasteiger partial charge in [0, 0.05) is 5.56 Å². The lowest BCUT2D eigenvalue weighted by Gasteiger charge is -2.25. The molecule has 23 heavy (non-hydrogen) atoms. The van der Waals surface area contributed by atoms with E-state index >= 15 is 0 Å². The predicted octanol–water partition coefficient (Wildman–Crippen LogP) is 2.44. The van der Waals surface area contributed by atoms with Gasteiger partial charge in [-0.25, -0.2) is 9.48 Å². The predicted molar refractivity (Wildman–Crippen MR) is 84.3 cm³/mol. The van der Waals surface area contributed by atoms with Crippen LogP contribution in [0, 0.1) is 0 Å². The van der Waals surface area contributed by atoms with Crippen LogP contribution >= 0.6 is 0 Å². The van der Waals surface area contributed by atoms with Crippen molar-refractivity contribution >= 4 is 11.9 Å². The Bertz CT molecular complexity index is 753. The maximum atomic E-state index is 11.4. The van der Waals surface area contributed by atoms with E-state index in [1.165, 1.54) is 6.33 Å². The molecule has 1 aromatic heterocycles. The van der Waals surface area contributed by atoms with Crippen molar-refractivity contribution in [1.82, 2.24) is 14.8 Å². The van der Waals surface area contributed by atoms with Gasteiger partial charge in [0.15, 0.2) is 0 Å². The smallest absolute Gasteiger partial charge is 0.352 e. The van der Waals surface area contributed by atoms with Crippen molar-refractivity contribution < 1.29 is 14.6 Å². The van der Waals surface area contributed by atoms with Crippen LogP contribution in [0.5, 0.6) is 5.75 Å². The van der Waals surface area contributed by atoms with Gasteiger partial charge in [-0.3, -0.25) is 0 Å². The maximum Gasteiger partial charge on any atom is 0.352 e. The summed E-state index contributed by atoms with van der Waals surface area (Å²) in [6.45, 7) is 4.05. The lowest BCUT2D eigenvalue weighted by Crippen LogP contribution is -2.25. The molecule has 7 heteroatoms. The van der Waals surface area contributed by atoms with E-state index in [0.717, 1.165) is 17.7 Å². The number of carbonyl (C=O) groups is 1. The number of fused-ring (bicyclic) bond motifs is 1. The number of anilines is 1. The average molecular weight is 314 g/mol. The molecule has 2 N–H and O–H groups in total. The minimum absolute atomic E-state index is 0.0657. The number of carboxylic acid groups (broad SMARTS) is 1. The zero-order valence-corrected chi connectivity index (χ0v) is 12.9. The highest BCUT2D eigenvalue weighted by Gasteiger charge is 2.27. The fraction of sp³-hybridized carbons (Fsp3) is 0.312. The standard InChI is InChI=1S/C16H18N4O3/c1-3-10(2)23-14-7-5-4-6-11(14)13-8-12(15(21)22)19-16-17-9-18-20(13)16/h4-10,13H,3H2,1-2H3,(H,21,22)(H,17,18,19)/t10-,13+/m1/s1. The second-order valence-corrected chi connectivity index (χ2v) is 5.36. The Morgan fingerprint density at radius 2 is 2.26 bits per heavy atom. The summed E-state index contributed by atoms with van der Waals surface area (Å²) in [7, 11) is 0. The van der Waals surface area contributed by atoms with E-state index in [2.05, 4.69) is 22.3 Å². The number of aromatic nitrogens is 3. The minimum atomic E-state index is -1.04. The van der Waals surface area contributed by atoms with Crippen LogP contribution in [0.2, 0.25) is 0 Å². The van der Waals surface area contributed by atoms with Crippen LogP contribution in [0.1, 0.15) is 31.9 Å². The van der Waals surface area contributed by atoms with Crippen molar-refractivity contribution in [2.45, 2.75) is 32.4 Å². The Hall–Kier alpha value is -2.83. The fourth-order valence-corrected chi connectivity index (χ4v) is 2.41. The zero-order valence-electron chi connectivity index (χ0n) is 12.9. The molecule has 1 aliphatic rings. The number of ether oxygens (including phenoxy) is 1. The van der Waals surface area contributed by atoms with Gasteiger partial charge >= 0.3 is 5.97 Å². The summed E-state index contributed by atoms with van der Waals surface area (Å²) in [5, 5.41) is 16.3. The first kappa shape index (κ1) is 15.1. The van der Waals surface area contributed by atoms with Crippen molar-refractivity contribution in [2.75, 3.05) is 5.32 Å². The van der Waals surface area contributed by atoms with Crippen molar-refractivity contribution in [2.24, 2.45) is 0 Å². The number of aliphatic carboxylic acids is 1. The molecule has 0 aliphatic carbocycles. The number of benzene rings is 1. The summed E-state index contributed by atoms with van der Waals surface area (Å²) in [4.78, 5) is 15.4. The molecule has 1 aromatic carbocycles. The molecule has 7 nitrogen and oxygen atoms in total. The van der Waals surface area contributed by atoms with Crippen LogP contribution in [0.4, 0.5) is 5.95 Å². The van der Waals surface area contributed by atoms with Crippen LogP contribution < -0.4 is 10.1 Å². The van der Waals surface area contributed by atoms with Gasteiger partial charge < -0.3 is 15.2 Å². The van der Waals surface area contributed by atoms with E-state index in [1.807, 2.05) is 31.2 Å². The Balaban J connectivity index is 2.06. The molecule has 1 aliphatic heterocycles. The zero-order chi connectivity index (χ0) is 16.4. The highest BCUT2D eigenvalue weighted by Crippen LogP contribution is 2.34. The molecule has 0 spiro atoms. The van der Waals surface area contributed by atoms with Gasteiger partial charge in [0.2, 0.25) is 5.95 Å². The Kier molecular flexibility index (Phi) is 4.01. The molecule has 120 valence electrons. The monoisotopic (exact) mass is 314 g/mol. The second kappa shape index (κ2) is 6.12.